The van der Waals surface area contributed by atoms with Crippen molar-refractivity contribution in [3.8, 4) is 11.1 Å². The smallest absolute Gasteiger partial charge is 0.337 e. The summed E-state index contributed by atoms with van der Waals surface area (Å²) >= 11 is 1.78. The molecule has 0 N–H and O–H groups in total. The van der Waals surface area contributed by atoms with Gasteiger partial charge < -0.3 is 4.74 Å². The van der Waals surface area contributed by atoms with Crippen LogP contribution in [0.1, 0.15) is 10.4 Å². The SMILES string of the molecule is COC(=O)c1ccc2c(c1)-c1cccc3c1c(c1ccccc1[n+]3C)S2. The van der Waals surface area contributed by atoms with Crippen molar-refractivity contribution in [2.75, 3.05) is 7.11 Å². The number of benzene rings is 3. The number of nitrogens with zero attached hydrogens (tertiary/aromatic N) is 1. The summed E-state index contributed by atoms with van der Waals surface area (Å²) in [5, 5.41) is 2.50. The Bertz CT molecular complexity index is 1230. The Kier molecular flexibility index (Phi) is 3.31. The molecule has 1 aliphatic rings. The number of ether oxygens (including phenoxy) is 1. The molecule has 3 nitrogen and oxygen atoms in total. The van der Waals surface area contributed by atoms with E-state index in [1.807, 2.05) is 18.2 Å². The molecule has 0 aliphatic carbocycles. The highest BCUT2D eigenvalue weighted by Gasteiger charge is 2.27. The number of hydrogen-bond donors (Lipinski definition) is 0. The molecule has 3 aromatic carbocycles. The van der Waals surface area contributed by atoms with Crippen LogP contribution in [0.5, 0.6) is 0 Å². The second kappa shape index (κ2) is 5.58. The van der Waals surface area contributed by atoms with E-state index < -0.39 is 0 Å². The topological polar surface area (TPSA) is 30.2 Å². The average molecular weight is 358 g/mol. The Balaban J connectivity index is 1.92. The molecule has 2 heterocycles. The molecule has 0 bridgehead atoms. The number of esters is 1. The summed E-state index contributed by atoms with van der Waals surface area (Å²) in [5.41, 5.74) is 5.24. The van der Waals surface area contributed by atoms with Crippen LogP contribution >= 0.6 is 11.8 Å². The molecule has 0 spiro atoms. The number of carbonyl (C=O) groups excluding carboxylic acids is 1. The van der Waals surface area contributed by atoms with E-state index in [0.717, 1.165) is 10.5 Å². The number of hydrogen-bond acceptors (Lipinski definition) is 3. The summed E-state index contributed by atoms with van der Waals surface area (Å²) in [6.07, 6.45) is 0. The first-order valence-corrected chi connectivity index (χ1v) is 9.25. The van der Waals surface area contributed by atoms with Crippen molar-refractivity contribution in [3.05, 3.63) is 66.2 Å². The Morgan fingerprint density at radius 3 is 2.62 bits per heavy atom. The van der Waals surface area contributed by atoms with Crippen LogP contribution in [-0.4, -0.2) is 13.1 Å². The van der Waals surface area contributed by atoms with Crippen LogP contribution in [0.15, 0.2) is 70.5 Å². The molecule has 5 rings (SSSR count). The zero-order valence-electron chi connectivity index (χ0n) is 14.4. The monoisotopic (exact) mass is 358 g/mol. The molecular formula is C22H16NO2S+. The molecule has 0 fully saturated rings. The van der Waals surface area contributed by atoms with Crippen LogP contribution in [0.25, 0.3) is 32.9 Å². The normalized spacial score (nSPS) is 12.2. The molecule has 1 aliphatic heterocycles. The number of carbonyl (C=O) groups is 1. The van der Waals surface area contributed by atoms with E-state index in [0.29, 0.717) is 5.56 Å². The van der Waals surface area contributed by atoms with E-state index in [1.165, 1.54) is 39.4 Å². The molecular weight excluding hydrogens is 342 g/mol. The van der Waals surface area contributed by atoms with Gasteiger partial charge in [0.15, 0.2) is 0 Å². The summed E-state index contributed by atoms with van der Waals surface area (Å²) in [6, 6.07) is 20.7. The molecule has 0 radical (unpaired) electrons. The van der Waals surface area contributed by atoms with Gasteiger partial charge in [0.2, 0.25) is 11.0 Å². The number of para-hydroxylation sites is 1. The lowest BCUT2D eigenvalue weighted by Gasteiger charge is -2.21. The second-order valence-corrected chi connectivity index (χ2v) is 7.46. The van der Waals surface area contributed by atoms with Crippen molar-refractivity contribution in [1.82, 2.24) is 0 Å². The number of aryl methyl sites for hydroxylation is 1. The van der Waals surface area contributed by atoms with Crippen LogP contribution in [0.4, 0.5) is 0 Å². The maximum atomic E-state index is 12.0. The molecule has 4 aromatic rings. The van der Waals surface area contributed by atoms with Gasteiger partial charge in [0.1, 0.15) is 7.05 Å². The number of pyridine rings is 1. The van der Waals surface area contributed by atoms with Crippen molar-refractivity contribution in [3.63, 3.8) is 0 Å². The van der Waals surface area contributed by atoms with Crippen molar-refractivity contribution in [2.45, 2.75) is 9.79 Å². The predicted octanol–water partition coefficient (Wildman–Crippen LogP) is 4.74. The summed E-state index contributed by atoms with van der Waals surface area (Å²) in [5.74, 6) is -0.306. The van der Waals surface area contributed by atoms with Gasteiger partial charge in [0.05, 0.1) is 23.4 Å². The van der Waals surface area contributed by atoms with Crippen molar-refractivity contribution in [2.24, 2.45) is 7.05 Å². The van der Waals surface area contributed by atoms with Crippen LogP contribution in [0, 0.1) is 0 Å². The molecule has 0 unspecified atom stereocenters. The minimum atomic E-state index is -0.306. The predicted molar refractivity (Wildman–Crippen MR) is 104 cm³/mol. The maximum Gasteiger partial charge on any atom is 0.337 e. The van der Waals surface area contributed by atoms with Crippen molar-refractivity contribution >= 4 is 39.5 Å². The fourth-order valence-corrected chi connectivity index (χ4v) is 5.03. The standard InChI is InChI=1S/C22H16NO2S/c1-23-17-8-4-3-6-15(17)21-20-14(7-5-9-18(20)23)16-12-13(22(24)25-2)10-11-19(16)26-21/h3-12H,1-2H3/q+1. The second-order valence-electron chi connectivity index (χ2n) is 6.41. The molecule has 0 atom stereocenters. The van der Waals surface area contributed by atoms with Gasteiger partial charge in [0.25, 0.3) is 0 Å². The quantitative estimate of drug-likeness (QED) is 0.246. The molecule has 1 aromatic heterocycles. The Morgan fingerprint density at radius 1 is 0.962 bits per heavy atom. The van der Waals surface area contributed by atoms with Crippen molar-refractivity contribution in [1.29, 1.82) is 0 Å². The van der Waals surface area contributed by atoms with Gasteiger partial charge in [-0.05, 0) is 35.4 Å². The van der Waals surface area contributed by atoms with Crippen LogP contribution in [0.2, 0.25) is 0 Å². The zero-order valence-corrected chi connectivity index (χ0v) is 15.3. The zero-order chi connectivity index (χ0) is 17.8. The fraction of sp³-hybridized carbons (Fsp3) is 0.0909. The highest BCUT2D eigenvalue weighted by Crippen LogP contribution is 2.49. The van der Waals surface area contributed by atoms with Gasteiger partial charge in [-0.25, -0.2) is 4.79 Å². The van der Waals surface area contributed by atoms with Crippen LogP contribution < -0.4 is 4.57 Å². The Morgan fingerprint density at radius 2 is 1.77 bits per heavy atom. The number of fused-ring (bicyclic) bond motifs is 4. The first-order chi connectivity index (χ1) is 12.7. The Labute approximate surface area is 155 Å². The number of aromatic nitrogens is 1. The largest absolute Gasteiger partial charge is 0.465 e. The third-order valence-electron chi connectivity index (χ3n) is 5.04. The summed E-state index contributed by atoms with van der Waals surface area (Å²) < 4.78 is 7.14. The fourth-order valence-electron chi connectivity index (χ4n) is 3.80. The maximum absolute atomic E-state index is 12.0. The minimum Gasteiger partial charge on any atom is -0.465 e. The number of rotatable bonds is 1. The van der Waals surface area contributed by atoms with E-state index in [1.54, 1.807) is 11.8 Å². The molecule has 0 saturated heterocycles. The molecule has 126 valence electrons. The third kappa shape index (κ3) is 2.02. The lowest BCUT2D eigenvalue weighted by Crippen LogP contribution is -2.30. The van der Waals surface area contributed by atoms with Crippen LogP contribution in [0.3, 0.4) is 0 Å². The van der Waals surface area contributed by atoms with E-state index in [9.17, 15) is 4.79 Å². The first-order valence-electron chi connectivity index (χ1n) is 8.43. The molecule has 4 heteroatoms. The van der Waals surface area contributed by atoms with Crippen LogP contribution in [-0.2, 0) is 11.8 Å². The summed E-state index contributed by atoms with van der Waals surface area (Å²) in [7, 11) is 3.52. The van der Waals surface area contributed by atoms with E-state index in [2.05, 4.69) is 54.1 Å². The molecule has 0 amide bonds. The van der Waals surface area contributed by atoms with Gasteiger partial charge in [-0.15, -0.1) is 0 Å². The molecule has 26 heavy (non-hydrogen) atoms. The average Bonchev–Trinajstić information content (AvgIpc) is 2.70. The lowest BCUT2D eigenvalue weighted by atomic mass is 9.96. The van der Waals surface area contributed by atoms with E-state index in [4.69, 9.17) is 4.74 Å². The molecule has 0 saturated carbocycles. The van der Waals surface area contributed by atoms with Gasteiger partial charge >= 0.3 is 5.97 Å². The van der Waals surface area contributed by atoms with E-state index in [-0.39, 0.29) is 5.97 Å². The summed E-state index contributed by atoms with van der Waals surface area (Å²) in [4.78, 5) is 14.4. The first kappa shape index (κ1) is 15.4. The minimum absolute atomic E-state index is 0.306. The van der Waals surface area contributed by atoms with Crippen molar-refractivity contribution < 1.29 is 14.1 Å². The third-order valence-corrected chi connectivity index (χ3v) is 6.25. The lowest BCUT2D eigenvalue weighted by molar-refractivity contribution is -0.617. The Hall–Kier alpha value is -2.85. The van der Waals surface area contributed by atoms with E-state index >= 15 is 0 Å². The van der Waals surface area contributed by atoms with Gasteiger partial charge in [-0.1, -0.05) is 36.0 Å². The summed E-state index contributed by atoms with van der Waals surface area (Å²) in [6.45, 7) is 0. The van der Waals surface area contributed by atoms with Gasteiger partial charge in [-0.2, -0.15) is 4.57 Å². The highest BCUT2D eigenvalue weighted by molar-refractivity contribution is 8.00. The highest BCUT2D eigenvalue weighted by atomic mass is 32.2. The number of methoxy groups -OCH3 is 1. The van der Waals surface area contributed by atoms with Gasteiger partial charge in [0, 0.05) is 21.9 Å². The van der Waals surface area contributed by atoms with Gasteiger partial charge in [-0.3, -0.25) is 0 Å².